The van der Waals surface area contributed by atoms with Crippen molar-refractivity contribution in [3.63, 3.8) is 0 Å². The number of hydrogen-bond donors (Lipinski definition) is 3. The highest BCUT2D eigenvalue weighted by Crippen LogP contribution is 2.27. The highest BCUT2D eigenvalue weighted by atomic mass is 19.4. The fourth-order valence-electron chi connectivity index (χ4n) is 4.15. The van der Waals surface area contributed by atoms with Gasteiger partial charge in [-0.1, -0.05) is 0 Å². The molecule has 202 valence electrons. The third-order valence-corrected chi connectivity index (χ3v) is 6.27. The average Bonchev–Trinajstić information content (AvgIpc) is 3.25. The Labute approximate surface area is 216 Å². The summed E-state index contributed by atoms with van der Waals surface area (Å²) in [5, 5.41) is 28.8. The molecular formula is C25H27F4N7O2. The van der Waals surface area contributed by atoms with Crippen LogP contribution in [0, 0.1) is 17.2 Å². The Balaban J connectivity index is 1.55. The van der Waals surface area contributed by atoms with Gasteiger partial charge in [-0.25, -0.2) is 8.91 Å². The summed E-state index contributed by atoms with van der Waals surface area (Å²) < 4.78 is 53.6. The number of hydrogen-bond acceptors (Lipinski definition) is 7. The van der Waals surface area contributed by atoms with Crippen molar-refractivity contribution < 1.29 is 27.5 Å². The van der Waals surface area contributed by atoms with Crippen LogP contribution in [0.3, 0.4) is 0 Å². The first-order valence-electron chi connectivity index (χ1n) is 11.9. The van der Waals surface area contributed by atoms with Crippen molar-refractivity contribution in [2.45, 2.75) is 31.8 Å². The number of aromatic nitrogens is 3. The number of nitrogens with one attached hydrogen (secondary N) is 2. The van der Waals surface area contributed by atoms with Gasteiger partial charge in [-0.15, -0.1) is 0 Å². The van der Waals surface area contributed by atoms with E-state index in [0.29, 0.717) is 34.7 Å². The number of likely N-dealkylation sites (tertiary alicyclic amines) is 1. The van der Waals surface area contributed by atoms with Crippen molar-refractivity contribution in [2.24, 2.45) is 5.92 Å². The Morgan fingerprint density at radius 2 is 2.00 bits per heavy atom. The van der Waals surface area contributed by atoms with Crippen LogP contribution in [0.1, 0.15) is 29.8 Å². The van der Waals surface area contributed by atoms with E-state index in [4.69, 9.17) is 5.26 Å². The first-order valence-corrected chi connectivity index (χ1v) is 11.9. The number of pyridine rings is 1. The third kappa shape index (κ3) is 6.38. The molecule has 1 amide bonds. The van der Waals surface area contributed by atoms with Gasteiger partial charge in [-0.2, -0.15) is 23.5 Å². The molecule has 0 bridgehead atoms. The molecule has 0 saturated carbocycles. The summed E-state index contributed by atoms with van der Waals surface area (Å²) >= 11 is 0. The van der Waals surface area contributed by atoms with E-state index in [2.05, 4.69) is 20.7 Å². The zero-order valence-electron chi connectivity index (χ0n) is 20.8. The molecule has 1 aliphatic heterocycles. The molecule has 13 heteroatoms. The number of carbonyl (C=O) groups excluding carboxylic acids is 1. The van der Waals surface area contributed by atoms with E-state index in [0.717, 1.165) is 0 Å². The predicted octanol–water partition coefficient (Wildman–Crippen LogP) is 3.01. The fraction of sp³-hybridized carbons (Fsp3) is 0.440. The van der Waals surface area contributed by atoms with Crippen molar-refractivity contribution in [3.05, 3.63) is 47.8 Å². The highest BCUT2D eigenvalue weighted by Gasteiger charge is 2.37. The molecule has 0 aliphatic carbocycles. The summed E-state index contributed by atoms with van der Waals surface area (Å²) in [5.74, 6) is -0.682. The lowest BCUT2D eigenvalue weighted by Crippen LogP contribution is -2.52. The number of alkyl halides is 4. The molecule has 9 nitrogen and oxygen atoms in total. The summed E-state index contributed by atoms with van der Waals surface area (Å²) in [6.45, 7) is 2.03. The lowest BCUT2D eigenvalue weighted by molar-refractivity contribution is -0.157. The number of nitrogens with zero attached hydrogens (tertiary/aromatic N) is 5. The molecule has 0 radical (unpaired) electrons. The minimum atomic E-state index is -4.26. The maximum atomic E-state index is 14.2. The quantitative estimate of drug-likeness (QED) is 0.362. The number of amides is 1. The van der Waals surface area contributed by atoms with Gasteiger partial charge in [-0.3, -0.25) is 14.7 Å². The Bertz CT molecular complexity index is 1350. The molecule has 1 atom stereocenters. The molecule has 3 aromatic rings. The van der Waals surface area contributed by atoms with Crippen molar-refractivity contribution in [1.82, 2.24) is 24.8 Å². The van der Waals surface area contributed by atoms with E-state index in [1.807, 2.05) is 6.07 Å². The van der Waals surface area contributed by atoms with Crippen LogP contribution < -0.4 is 10.6 Å². The van der Waals surface area contributed by atoms with Gasteiger partial charge in [-0.05, 0) is 38.1 Å². The van der Waals surface area contributed by atoms with E-state index >= 15 is 0 Å². The van der Waals surface area contributed by atoms with Crippen molar-refractivity contribution in [3.8, 4) is 17.5 Å². The van der Waals surface area contributed by atoms with Gasteiger partial charge in [0.1, 0.15) is 12.2 Å². The van der Waals surface area contributed by atoms with Crippen LogP contribution in [0.2, 0.25) is 0 Å². The van der Waals surface area contributed by atoms with Gasteiger partial charge in [0, 0.05) is 31.7 Å². The van der Waals surface area contributed by atoms with E-state index in [9.17, 15) is 27.5 Å². The Morgan fingerprint density at radius 1 is 1.26 bits per heavy atom. The molecule has 4 rings (SSSR count). The zero-order valence-corrected chi connectivity index (χ0v) is 20.8. The van der Waals surface area contributed by atoms with Crippen LogP contribution in [-0.2, 0) is 0 Å². The van der Waals surface area contributed by atoms with Crippen LogP contribution in [0.25, 0.3) is 16.9 Å². The fourth-order valence-corrected chi connectivity index (χ4v) is 4.15. The lowest BCUT2D eigenvalue weighted by atomic mass is 10.00. The van der Waals surface area contributed by atoms with Crippen LogP contribution in [0.5, 0.6) is 0 Å². The first-order chi connectivity index (χ1) is 17.8. The zero-order chi connectivity index (χ0) is 27.7. The summed E-state index contributed by atoms with van der Waals surface area (Å²) in [7, 11) is 0. The molecule has 0 spiro atoms. The Kier molecular flexibility index (Phi) is 7.57. The number of halogens is 4. The van der Waals surface area contributed by atoms with E-state index < -0.39 is 36.9 Å². The van der Waals surface area contributed by atoms with Gasteiger partial charge < -0.3 is 15.7 Å². The third-order valence-electron chi connectivity index (χ3n) is 6.27. The maximum absolute atomic E-state index is 14.2. The normalized spacial score (nSPS) is 15.6. The monoisotopic (exact) mass is 533 g/mol. The molecule has 38 heavy (non-hydrogen) atoms. The number of rotatable bonds is 9. The maximum Gasteiger partial charge on any atom is 0.401 e. The van der Waals surface area contributed by atoms with Gasteiger partial charge >= 0.3 is 6.18 Å². The SMILES string of the molecule is CC(C)(O)[C@H](F)CNC(=O)c1cnc(-c2ccc3cc(C#N)cnn23)cc1NCC1CN(CC(F)(F)F)C1. The van der Waals surface area contributed by atoms with Crippen molar-refractivity contribution >= 4 is 17.1 Å². The topological polar surface area (TPSA) is 119 Å². The second-order valence-corrected chi connectivity index (χ2v) is 9.91. The molecule has 1 saturated heterocycles. The molecule has 4 heterocycles. The second-order valence-electron chi connectivity index (χ2n) is 9.91. The van der Waals surface area contributed by atoms with Crippen LogP contribution in [0.4, 0.5) is 23.2 Å². The number of fused-ring (bicyclic) bond motifs is 1. The molecule has 1 fully saturated rings. The van der Waals surface area contributed by atoms with Crippen LogP contribution in [0.15, 0.2) is 36.7 Å². The molecular weight excluding hydrogens is 506 g/mol. The van der Waals surface area contributed by atoms with Gasteiger partial charge in [0.15, 0.2) is 0 Å². The summed E-state index contributed by atoms with van der Waals surface area (Å²) in [4.78, 5) is 18.6. The molecule has 3 aromatic heterocycles. The van der Waals surface area contributed by atoms with Gasteiger partial charge in [0.05, 0.1) is 58.6 Å². The number of carbonyl (C=O) groups is 1. The summed E-state index contributed by atoms with van der Waals surface area (Å²) in [6.07, 6.45) is -3.23. The number of nitriles is 1. The molecule has 1 aliphatic rings. The summed E-state index contributed by atoms with van der Waals surface area (Å²) in [5.41, 5.74) is 0.933. The number of anilines is 1. The van der Waals surface area contributed by atoms with Crippen LogP contribution in [-0.4, -0.2) is 81.2 Å². The largest absolute Gasteiger partial charge is 0.401 e. The molecule has 0 unspecified atom stereocenters. The number of aliphatic hydroxyl groups is 1. The van der Waals surface area contributed by atoms with Crippen molar-refractivity contribution in [1.29, 1.82) is 5.26 Å². The Hall–Kier alpha value is -3.76. The van der Waals surface area contributed by atoms with E-state index in [-0.39, 0.29) is 24.6 Å². The minimum Gasteiger partial charge on any atom is -0.387 e. The van der Waals surface area contributed by atoms with Gasteiger partial charge in [0.25, 0.3) is 5.91 Å². The Morgan fingerprint density at radius 3 is 2.66 bits per heavy atom. The van der Waals surface area contributed by atoms with Crippen LogP contribution >= 0.6 is 0 Å². The average molecular weight is 534 g/mol. The molecule has 0 aromatic carbocycles. The second kappa shape index (κ2) is 10.5. The summed E-state index contributed by atoms with van der Waals surface area (Å²) in [6, 6.07) is 8.83. The van der Waals surface area contributed by atoms with Gasteiger partial charge in [0.2, 0.25) is 0 Å². The highest BCUT2D eigenvalue weighted by molar-refractivity contribution is 6.00. The lowest BCUT2D eigenvalue weighted by Gasteiger charge is -2.39. The predicted molar refractivity (Wildman–Crippen MR) is 131 cm³/mol. The molecule has 3 N–H and O–H groups in total. The smallest absolute Gasteiger partial charge is 0.387 e. The van der Waals surface area contributed by atoms with E-state index in [1.165, 1.54) is 31.1 Å². The first kappa shape index (κ1) is 27.3. The van der Waals surface area contributed by atoms with E-state index in [1.54, 1.807) is 28.8 Å². The minimum absolute atomic E-state index is 0.0597. The van der Waals surface area contributed by atoms with Crippen molar-refractivity contribution in [2.75, 3.05) is 38.0 Å². The standard InChI is InChI=1S/C25H27F4N7O2/c1-24(2,38)22(26)11-33-23(37)18-10-32-20(21-4-3-17-5-15(7-30)9-34-36(17)21)6-19(18)31-8-16-12-35(13-16)14-25(27,28)29/h3-6,9-10,16,22,38H,8,11-14H2,1-2H3,(H,31,32)(H,33,37)/t22-/m1/s1.